The summed E-state index contributed by atoms with van der Waals surface area (Å²) in [4.78, 5) is 31.0. The van der Waals surface area contributed by atoms with Crippen molar-refractivity contribution in [1.82, 2.24) is 9.80 Å². The van der Waals surface area contributed by atoms with Crippen LogP contribution in [0.3, 0.4) is 0 Å². The fourth-order valence-electron chi connectivity index (χ4n) is 5.08. The standard InChI is InChI=1S/C28H36N2O4/c1-4-16-34-24-15-12-22(17-25(24)33-3)27-28(32)29(23-13-10-20(2)11-14-23)19-26(31)30(27)18-21-8-6-5-7-9-21/h5-9,12,15,17,20,23,27H,4,10-11,13-14,16,18-19H2,1-3H3/t20?,23?,27-/m0/s1. The zero-order chi connectivity index (χ0) is 24.1. The number of ether oxygens (including phenoxy) is 2. The van der Waals surface area contributed by atoms with Gasteiger partial charge in [0.1, 0.15) is 12.6 Å². The summed E-state index contributed by atoms with van der Waals surface area (Å²) in [7, 11) is 1.60. The van der Waals surface area contributed by atoms with Crippen molar-refractivity contribution in [3.63, 3.8) is 0 Å². The van der Waals surface area contributed by atoms with Gasteiger partial charge in [0.25, 0.3) is 5.91 Å². The van der Waals surface area contributed by atoms with Crippen molar-refractivity contribution in [3.8, 4) is 11.5 Å². The van der Waals surface area contributed by atoms with Crippen molar-refractivity contribution in [3.05, 3.63) is 59.7 Å². The molecule has 0 aromatic heterocycles. The summed E-state index contributed by atoms with van der Waals surface area (Å²) in [5, 5.41) is 0. The highest BCUT2D eigenvalue weighted by Crippen LogP contribution is 2.37. The van der Waals surface area contributed by atoms with Crippen molar-refractivity contribution in [2.45, 2.75) is 64.6 Å². The van der Waals surface area contributed by atoms with E-state index in [0.29, 0.717) is 30.6 Å². The van der Waals surface area contributed by atoms with Crippen LogP contribution in [-0.2, 0) is 16.1 Å². The first kappa shape index (κ1) is 24.1. The predicted molar refractivity (Wildman–Crippen MR) is 132 cm³/mol. The number of carbonyl (C=O) groups excluding carboxylic acids is 2. The third-order valence-electron chi connectivity index (χ3n) is 7.04. The van der Waals surface area contributed by atoms with Crippen molar-refractivity contribution in [2.75, 3.05) is 20.3 Å². The van der Waals surface area contributed by atoms with Gasteiger partial charge in [0.05, 0.1) is 13.7 Å². The molecule has 4 rings (SSSR count). The van der Waals surface area contributed by atoms with Crippen LogP contribution in [-0.4, -0.2) is 47.9 Å². The molecule has 0 N–H and O–H groups in total. The molecule has 0 bridgehead atoms. The maximum Gasteiger partial charge on any atom is 0.250 e. The quantitative estimate of drug-likeness (QED) is 0.553. The van der Waals surface area contributed by atoms with Crippen molar-refractivity contribution < 1.29 is 19.1 Å². The first-order valence-corrected chi connectivity index (χ1v) is 12.5. The molecule has 1 aliphatic carbocycles. The minimum absolute atomic E-state index is 0.000589. The minimum Gasteiger partial charge on any atom is -0.493 e. The first-order valence-electron chi connectivity index (χ1n) is 12.5. The third kappa shape index (κ3) is 5.21. The molecule has 1 atom stereocenters. The molecule has 6 nitrogen and oxygen atoms in total. The normalized spacial score (nSPS) is 23.2. The third-order valence-corrected chi connectivity index (χ3v) is 7.04. The van der Waals surface area contributed by atoms with Crippen molar-refractivity contribution in [2.24, 2.45) is 5.92 Å². The van der Waals surface area contributed by atoms with Crippen LogP contribution in [0.5, 0.6) is 11.5 Å². The second kappa shape index (κ2) is 10.9. The Hall–Kier alpha value is -3.02. The second-order valence-electron chi connectivity index (χ2n) is 9.55. The van der Waals surface area contributed by atoms with Gasteiger partial charge < -0.3 is 19.3 Å². The molecule has 2 amide bonds. The molecule has 1 heterocycles. The van der Waals surface area contributed by atoms with Gasteiger partial charge in [-0.2, -0.15) is 0 Å². The number of hydrogen-bond acceptors (Lipinski definition) is 4. The summed E-state index contributed by atoms with van der Waals surface area (Å²) in [6, 6.07) is 14.9. The Bertz CT molecular complexity index is 985. The summed E-state index contributed by atoms with van der Waals surface area (Å²) >= 11 is 0. The van der Waals surface area contributed by atoms with E-state index in [1.54, 1.807) is 12.0 Å². The predicted octanol–water partition coefficient (Wildman–Crippen LogP) is 4.97. The molecule has 0 radical (unpaired) electrons. The van der Waals surface area contributed by atoms with Crippen LogP contribution >= 0.6 is 0 Å². The van der Waals surface area contributed by atoms with Gasteiger partial charge in [0, 0.05) is 12.6 Å². The van der Waals surface area contributed by atoms with E-state index in [9.17, 15) is 9.59 Å². The molecule has 1 aliphatic heterocycles. The van der Waals surface area contributed by atoms with E-state index < -0.39 is 6.04 Å². The van der Waals surface area contributed by atoms with Crippen LogP contribution in [0.25, 0.3) is 0 Å². The fourth-order valence-corrected chi connectivity index (χ4v) is 5.08. The number of piperazine rings is 1. The number of benzene rings is 2. The van der Waals surface area contributed by atoms with Crippen LogP contribution in [0.2, 0.25) is 0 Å². The van der Waals surface area contributed by atoms with E-state index in [4.69, 9.17) is 9.47 Å². The number of nitrogens with zero attached hydrogens (tertiary/aromatic N) is 2. The molecule has 0 unspecified atom stereocenters. The summed E-state index contributed by atoms with van der Waals surface area (Å²) in [6.07, 6.45) is 4.99. The largest absolute Gasteiger partial charge is 0.493 e. The highest BCUT2D eigenvalue weighted by molar-refractivity contribution is 5.96. The maximum absolute atomic E-state index is 14.0. The summed E-state index contributed by atoms with van der Waals surface area (Å²) in [5.41, 5.74) is 1.76. The topological polar surface area (TPSA) is 59.1 Å². The minimum atomic E-state index is -0.685. The van der Waals surface area contributed by atoms with Gasteiger partial charge in [-0.25, -0.2) is 0 Å². The molecule has 6 heteroatoms. The lowest BCUT2D eigenvalue weighted by atomic mass is 9.85. The second-order valence-corrected chi connectivity index (χ2v) is 9.55. The average molecular weight is 465 g/mol. The van der Waals surface area contributed by atoms with Crippen molar-refractivity contribution >= 4 is 11.8 Å². The molecule has 1 saturated carbocycles. The highest BCUT2D eigenvalue weighted by atomic mass is 16.5. The van der Waals surface area contributed by atoms with Crippen LogP contribution in [0.15, 0.2) is 48.5 Å². The van der Waals surface area contributed by atoms with Crippen LogP contribution in [0.4, 0.5) is 0 Å². The van der Waals surface area contributed by atoms with Crippen LogP contribution < -0.4 is 9.47 Å². The highest BCUT2D eigenvalue weighted by Gasteiger charge is 2.43. The van der Waals surface area contributed by atoms with E-state index >= 15 is 0 Å². The number of hydrogen-bond donors (Lipinski definition) is 0. The summed E-state index contributed by atoms with van der Waals surface area (Å²) in [6.45, 7) is 5.44. The van der Waals surface area contributed by atoms with Gasteiger partial charge in [-0.05, 0) is 61.3 Å². The lowest BCUT2D eigenvalue weighted by Crippen LogP contribution is -2.58. The Morgan fingerprint density at radius 2 is 1.71 bits per heavy atom. The Balaban J connectivity index is 1.68. The average Bonchev–Trinajstić information content (AvgIpc) is 2.86. The van der Waals surface area contributed by atoms with Gasteiger partial charge in [0.15, 0.2) is 11.5 Å². The van der Waals surface area contributed by atoms with E-state index in [0.717, 1.165) is 43.2 Å². The zero-order valence-electron chi connectivity index (χ0n) is 20.5. The molecule has 2 fully saturated rings. The summed E-state index contributed by atoms with van der Waals surface area (Å²) in [5.74, 6) is 1.89. The zero-order valence-corrected chi connectivity index (χ0v) is 20.5. The molecule has 2 aromatic rings. The molecule has 34 heavy (non-hydrogen) atoms. The van der Waals surface area contributed by atoms with E-state index in [1.807, 2.05) is 53.4 Å². The van der Waals surface area contributed by atoms with Gasteiger partial charge in [0.2, 0.25) is 5.91 Å². The Morgan fingerprint density at radius 3 is 2.38 bits per heavy atom. The van der Waals surface area contributed by atoms with Crippen LogP contribution in [0, 0.1) is 5.92 Å². The smallest absolute Gasteiger partial charge is 0.250 e. The molecule has 2 aliphatic rings. The molecule has 1 saturated heterocycles. The molecular formula is C28H36N2O4. The number of methoxy groups -OCH3 is 1. The van der Waals surface area contributed by atoms with E-state index in [2.05, 4.69) is 13.8 Å². The van der Waals surface area contributed by atoms with E-state index in [-0.39, 0.29) is 24.4 Å². The number of amides is 2. The molecular weight excluding hydrogens is 428 g/mol. The number of carbonyl (C=O) groups is 2. The van der Waals surface area contributed by atoms with Gasteiger partial charge >= 0.3 is 0 Å². The van der Waals surface area contributed by atoms with Crippen molar-refractivity contribution in [1.29, 1.82) is 0 Å². The SMILES string of the molecule is CCCOc1ccc([C@H]2C(=O)N(C3CCC(C)CC3)CC(=O)N2Cc2ccccc2)cc1OC. The van der Waals surface area contributed by atoms with Gasteiger partial charge in [-0.1, -0.05) is 50.2 Å². The Morgan fingerprint density at radius 1 is 0.971 bits per heavy atom. The Kier molecular flexibility index (Phi) is 7.76. The van der Waals surface area contributed by atoms with Gasteiger partial charge in [-0.3, -0.25) is 9.59 Å². The lowest BCUT2D eigenvalue weighted by molar-refractivity contribution is -0.160. The Labute approximate surface area is 202 Å². The lowest BCUT2D eigenvalue weighted by Gasteiger charge is -2.45. The monoisotopic (exact) mass is 464 g/mol. The molecule has 182 valence electrons. The first-order chi connectivity index (χ1) is 16.5. The van der Waals surface area contributed by atoms with E-state index in [1.165, 1.54) is 0 Å². The molecule has 2 aromatic carbocycles. The van der Waals surface area contributed by atoms with Crippen LogP contribution in [0.1, 0.15) is 63.1 Å². The maximum atomic E-state index is 14.0. The molecule has 0 spiro atoms. The fraction of sp³-hybridized carbons (Fsp3) is 0.500. The number of rotatable bonds is 8. The van der Waals surface area contributed by atoms with Gasteiger partial charge in [-0.15, -0.1) is 0 Å². The summed E-state index contributed by atoms with van der Waals surface area (Å²) < 4.78 is 11.4.